The predicted molar refractivity (Wildman–Crippen MR) is 165 cm³/mol. The van der Waals surface area contributed by atoms with Gasteiger partial charge >= 0.3 is 0 Å². The van der Waals surface area contributed by atoms with Crippen LogP contribution in [0.25, 0.3) is 0 Å². The third-order valence-electron chi connectivity index (χ3n) is 7.95. The van der Waals surface area contributed by atoms with E-state index in [1.165, 1.54) is 5.56 Å². The van der Waals surface area contributed by atoms with E-state index in [2.05, 4.69) is 118 Å². The molecular weight excluding hydrogens is 508 g/mol. The Bertz CT molecular complexity index is 1200. The van der Waals surface area contributed by atoms with Crippen molar-refractivity contribution in [3.8, 4) is 24.2 Å². The zero-order valence-corrected chi connectivity index (χ0v) is 27.6. The van der Waals surface area contributed by atoms with Crippen LogP contribution in [0, 0.1) is 38.0 Å². The van der Waals surface area contributed by atoms with E-state index in [0.717, 1.165) is 16.7 Å². The van der Waals surface area contributed by atoms with E-state index in [-0.39, 0.29) is 10.1 Å². The fourth-order valence-electron chi connectivity index (χ4n) is 3.49. The van der Waals surface area contributed by atoms with E-state index in [4.69, 9.17) is 26.9 Å². The number of halogens is 1. The smallest absolute Gasteiger partial charge is 0.207 e. The third-order valence-corrected chi connectivity index (χ3v) is 17.1. The molecule has 2 atom stereocenters. The molecule has 0 spiro atoms. The Morgan fingerprint density at radius 1 is 0.838 bits per heavy atom. The highest BCUT2D eigenvalue weighted by atomic mass is 35.5. The molecule has 0 heterocycles. The molecule has 0 bridgehead atoms. The van der Waals surface area contributed by atoms with E-state index < -0.39 is 28.3 Å². The average molecular weight is 553 g/mol. The molecule has 0 aromatic heterocycles. The first-order valence-electron chi connectivity index (χ1n) is 13.0. The van der Waals surface area contributed by atoms with Gasteiger partial charge in [0, 0.05) is 10.6 Å². The zero-order valence-electron chi connectivity index (χ0n) is 24.9. The summed E-state index contributed by atoms with van der Waals surface area (Å²) in [5.41, 5.74) is 2.93. The standard InChI is InChI=1S/C32H45ClO2Si2/c1-14-32(35-37(12,13)31(7,8)9,28-20-15-24(2)23-25(28)3)22-21-29(26-16-18-27(33)19-17-26)34-36(10,11)30(4,5)6/h1,15-20,23,29H,2-13H3. The number of hydrogen-bond acceptors (Lipinski definition) is 2. The molecule has 37 heavy (non-hydrogen) atoms. The first-order valence-corrected chi connectivity index (χ1v) is 19.2. The summed E-state index contributed by atoms with van der Waals surface area (Å²) in [6.45, 7) is 26.4. The molecule has 0 radical (unpaired) electrons. The highest BCUT2D eigenvalue weighted by Crippen LogP contribution is 2.43. The average Bonchev–Trinajstić information content (AvgIpc) is 2.74. The summed E-state index contributed by atoms with van der Waals surface area (Å²) < 4.78 is 13.9. The van der Waals surface area contributed by atoms with Crippen LogP contribution in [0.1, 0.15) is 69.9 Å². The second kappa shape index (κ2) is 11.1. The van der Waals surface area contributed by atoms with Crippen molar-refractivity contribution < 1.29 is 8.85 Å². The van der Waals surface area contributed by atoms with Crippen LogP contribution in [0.4, 0.5) is 0 Å². The molecule has 0 aliphatic heterocycles. The zero-order chi connectivity index (χ0) is 28.4. The van der Waals surface area contributed by atoms with Gasteiger partial charge < -0.3 is 8.85 Å². The van der Waals surface area contributed by atoms with Crippen LogP contribution >= 0.6 is 11.6 Å². The fourth-order valence-corrected chi connectivity index (χ4v) is 6.05. The van der Waals surface area contributed by atoms with Crippen molar-refractivity contribution in [1.82, 2.24) is 0 Å². The summed E-state index contributed by atoms with van der Waals surface area (Å²) >= 11 is 6.21. The Kier molecular flexibility index (Phi) is 9.45. The molecule has 2 aromatic rings. The van der Waals surface area contributed by atoms with Crippen molar-refractivity contribution in [2.24, 2.45) is 0 Å². The lowest BCUT2D eigenvalue weighted by atomic mass is 9.90. The largest absolute Gasteiger partial charge is 0.399 e. The Labute approximate surface area is 233 Å². The van der Waals surface area contributed by atoms with Crippen molar-refractivity contribution in [3.05, 3.63) is 69.7 Å². The minimum absolute atomic E-state index is 0.0216. The Morgan fingerprint density at radius 3 is 1.84 bits per heavy atom. The van der Waals surface area contributed by atoms with Gasteiger partial charge in [-0.25, -0.2) is 0 Å². The molecule has 200 valence electrons. The van der Waals surface area contributed by atoms with Crippen LogP contribution in [0.2, 0.25) is 41.3 Å². The Morgan fingerprint density at radius 2 is 1.38 bits per heavy atom. The Balaban J connectivity index is 2.79. The molecule has 2 unspecified atom stereocenters. The van der Waals surface area contributed by atoms with Gasteiger partial charge in [0.1, 0.15) is 6.10 Å². The van der Waals surface area contributed by atoms with Crippen LogP contribution < -0.4 is 0 Å². The van der Waals surface area contributed by atoms with Gasteiger partial charge in [0.15, 0.2) is 16.6 Å². The number of terminal acetylenes is 1. The van der Waals surface area contributed by atoms with Gasteiger partial charge in [-0.1, -0.05) is 101 Å². The molecule has 2 rings (SSSR count). The minimum Gasteiger partial charge on any atom is -0.399 e. The van der Waals surface area contributed by atoms with Crippen molar-refractivity contribution in [2.75, 3.05) is 0 Å². The van der Waals surface area contributed by atoms with Crippen molar-refractivity contribution in [1.29, 1.82) is 0 Å². The Hall–Kier alpha value is -1.80. The summed E-state index contributed by atoms with van der Waals surface area (Å²) in [5, 5.41) is 0.661. The quantitative estimate of drug-likeness (QED) is 0.262. The highest BCUT2D eigenvalue weighted by Gasteiger charge is 2.45. The van der Waals surface area contributed by atoms with E-state index in [1.54, 1.807) is 0 Å². The summed E-state index contributed by atoms with van der Waals surface area (Å²) in [6, 6.07) is 14.0. The van der Waals surface area contributed by atoms with Gasteiger partial charge in [0.2, 0.25) is 5.60 Å². The lowest BCUT2D eigenvalue weighted by molar-refractivity contribution is 0.169. The third kappa shape index (κ3) is 7.41. The highest BCUT2D eigenvalue weighted by molar-refractivity contribution is 6.74. The van der Waals surface area contributed by atoms with Crippen LogP contribution in [0.5, 0.6) is 0 Å². The maximum absolute atomic E-state index is 7.01. The van der Waals surface area contributed by atoms with Gasteiger partial charge in [-0.15, -0.1) is 6.42 Å². The monoisotopic (exact) mass is 552 g/mol. The molecule has 0 saturated heterocycles. The van der Waals surface area contributed by atoms with Crippen LogP contribution in [0.15, 0.2) is 42.5 Å². The van der Waals surface area contributed by atoms with Crippen molar-refractivity contribution in [2.45, 2.75) is 103 Å². The summed E-state index contributed by atoms with van der Waals surface area (Å²) in [6.07, 6.45) is 5.87. The van der Waals surface area contributed by atoms with Crippen molar-refractivity contribution >= 4 is 28.2 Å². The fraction of sp³-hybridized carbons (Fsp3) is 0.500. The minimum atomic E-state index is -2.31. The predicted octanol–water partition coefficient (Wildman–Crippen LogP) is 9.57. The second-order valence-corrected chi connectivity index (χ2v) is 23.0. The van der Waals surface area contributed by atoms with Gasteiger partial charge in [0.05, 0.1) is 0 Å². The number of benzene rings is 2. The van der Waals surface area contributed by atoms with Crippen LogP contribution in [-0.2, 0) is 14.5 Å². The van der Waals surface area contributed by atoms with Gasteiger partial charge in [-0.2, -0.15) is 0 Å². The maximum Gasteiger partial charge on any atom is 0.207 e. The topological polar surface area (TPSA) is 18.5 Å². The first kappa shape index (κ1) is 31.4. The van der Waals surface area contributed by atoms with Gasteiger partial charge in [0.25, 0.3) is 0 Å². The van der Waals surface area contributed by atoms with Crippen LogP contribution in [0.3, 0.4) is 0 Å². The molecule has 0 fully saturated rings. The molecule has 0 aliphatic carbocycles. The lowest BCUT2D eigenvalue weighted by Gasteiger charge is -2.42. The number of rotatable bonds is 6. The molecule has 5 heteroatoms. The SMILES string of the molecule is C#CC(C#CC(O[Si](C)(C)C(C)(C)C)c1ccc(Cl)cc1)(O[Si](C)(C)C(C)(C)C)c1ccc(C)cc1C. The molecule has 0 saturated carbocycles. The summed E-state index contributed by atoms with van der Waals surface area (Å²) in [7, 11) is -4.48. The molecule has 2 aromatic carbocycles. The van der Waals surface area contributed by atoms with E-state index in [0.29, 0.717) is 5.02 Å². The first-order chi connectivity index (χ1) is 16.7. The lowest BCUT2D eigenvalue weighted by Crippen LogP contribution is -2.48. The molecule has 0 amide bonds. The molecule has 2 nitrogen and oxygen atoms in total. The summed E-state index contributed by atoms with van der Waals surface area (Å²) in [5.74, 6) is 9.93. The van der Waals surface area contributed by atoms with E-state index in [1.807, 2.05) is 24.3 Å². The summed E-state index contributed by atoms with van der Waals surface area (Å²) in [4.78, 5) is 0. The normalized spacial score (nSPS) is 15.2. The van der Waals surface area contributed by atoms with Crippen LogP contribution in [-0.4, -0.2) is 16.6 Å². The van der Waals surface area contributed by atoms with Crippen molar-refractivity contribution in [3.63, 3.8) is 0 Å². The molecular formula is C32H45ClO2Si2. The molecule has 0 aliphatic rings. The van der Waals surface area contributed by atoms with E-state index in [9.17, 15) is 0 Å². The maximum atomic E-state index is 7.01. The number of aryl methyl sites for hydroxylation is 2. The molecule has 0 N–H and O–H groups in total. The van der Waals surface area contributed by atoms with Gasteiger partial charge in [-0.05, 0) is 79.3 Å². The second-order valence-electron chi connectivity index (χ2n) is 13.1. The van der Waals surface area contributed by atoms with E-state index >= 15 is 0 Å². The number of hydrogen-bond donors (Lipinski definition) is 0. The van der Waals surface area contributed by atoms with Gasteiger partial charge in [-0.3, -0.25) is 0 Å².